The second-order valence-corrected chi connectivity index (χ2v) is 9.52. The average molecular weight is 497 g/mol. The highest BCUT2D eigenvalue weighted by Gasteiger charge is 2.68. The molecule has 5 nitrogen and oxygen atoms in total. The molecule has 4 aromatic rings. The molecule has 2 aliphatic heterocycles. The Morgan fingerprint density at radius 1 is 1.06 bits per heavy atom. The van der Waals surface area contributed by atoms with Crippen molar-refractivity contribution in [3.05, 3.63) is 83.8 Å². The fourth-order valence-electron chi connectivity index (χ4n) is 5.34. The second kappa shape index (κ2) is 7.96. The largest absolute Gasteiger partial charge is 0.493 e. The van der Waals surface area contributed by atoms with Gasteiger partial charge in [0.2, 0.25) is 0 Å². The highest BCUT2D eigenvalue weighted by molar-refractivity contribution is 5.92. The number of para-hydroxylation sites is 1. The molecule has 3 heterocycles. The second-order valence-electron chi connectivity index (χ2n) is 9.52. The van der Waals surface area contributed by atoms with E-state index in [-0.39, 0.29) is 12.2 Å². The van der Waals surface area contributed by atoms with Gasteiger partial charge in [0.1, 0.15) is 11.6 Å². The lowest BCUT2D eigenvalue weighted by molar-refractivity contribution is -0.380. The van der Waals surface area contributed by atoms with Crippen molar-refractivity contribution in [1.82, 2.24) is 9.78 Å². The zero-order valence-electron chi connectivity index (χ0n) is 19.4. The third kappa shape index (κ3) is 3.52. The molecule has 1 aromatic heterocycles. The van der Waals surface area contributed by atoms with Gasteiger partial charge >= 0.3 is 6.18 Å². The van der Waals surface area contributed by atoms with Crippen molar-refractivity contribution >= 4 is 16.6 Å². The minimum atomic E-state index is -4.58. The van der Waals surface area contributed by atoms with Crippen molar-refractivity contribution in [3.63, 3.8) is 0 Å². The van der Waals surface area contributed by atoms with E-state index < -0.39 is 23.9 Å². The van der Waals surface area contributed by atoms with E-state index >= 15 is 0 Å². The van der Waals surface area contributed by atoms with Gasteiger partial charge in [-0.25, -0.2) is 9.07 Å². The first-order chi connectivity index (χ1) is 17.2. The fraction of sp³-hybridized carbons (Fsp3) is 0.296. The van der Waals surface area contributed by atoms with Crippen LogP contribution in [0.3, 0.4) is 0 Å². The molecule has 6 rings (SSSR count). The Kier molecular flexibility index (Phi) is 5.05. The van der Waals surface area contributed by atoms with Gasteiger partial charge in [-0.1, -0.05) is 24.3 Å². The maximum Gasteiger partial charge on any atom is 0.419 e. The molecule has 0 spiro atoms. The fourth-order valence-corrected chi connectivity index (χ4v) is 5.34. The van der Waals surface area contributed by atoms with Crippen molar-refractivity contribution in [2.75, 3.05) is 18.5 Å². The summed E-state index contributed by atoms with van der Waals surface area (Å²) in [6, 6.07) is 16.6. The van der Waals surface area contributed by atoms with Gasteiger partial charge in [-0.15, -0.1) is 0 Å². The number of anilines is 1. The quantitative estimate of drug-likeness (QED) is 0.336. The smallest absolute Gasteiger partial charge is 0.419 e. The number of halogens is 4. The summed E-state index contributed by atoms with van der Waals surface area (Å²) >= 11 is 0. The SMILES string of the molecule is CC1(c2cccc3c2OCC3)CC(CNc2cccc3c2cnn3-c2ccc(F)cc2)(C(F)(F)F)O1. The van der Waals surface area contributed by atoms with Crippen LogP contribution in [-0.2, 0) is 16.8 Å². The lowest BCUT2D eigenvalue weighted by atomic mass is 9.74. The van der Waals surface area contributed by atoms with Crippen LogP contribution in [0.5, 0.6) is 5.75 Å². The number of fused-ring (bicyclic) bond motifs is 2. The molecule has 0 radical (unpaired) electrons. The molecule has 1 N–H and O–H groups in total. The van der Waals surface area contributed by atoms with Crippen LogP contribution in [0.25, 0.3) is 16.6 Å². The number of ether oxygens (including phenoxy) is 2. The Labute approximate surface area is 204 Å². The summed E-state index contributed by atoms with van der Waals surface area (Å²) in [5, 5.41) is 7.98. The standard InChI is InChI=1S/C27H23F4N3O2/c1-25(21-5-2-4-17-12-13-35-24(17)21)15-26(36-25,27(29,30)31)16-32-22-6-3-7-23-20(22)14-33-34(23)19-10-8-18(28)9-11-19/h2-11,14,32H,12-13,15-16H2,1H3. The maximum absolute atomic E-state index is 14.3. The maximum atomic E-state index is 14.3. The van der Waals surface area contributed by atoms with Crippen LogP contribution >= 0.6 is 0 Å². The monoisotopic (exact) mass is 497 g/mol. The van der Waals surface area contributed by atoms with Crippen molar-refractivity contribution < 1.29 is 27.0 Å². The number of hydrogen-bond donors (Lipinski definition) is 1. The number of aromatic nitrogens is 2. The normalized spacial score (nSPS) is 23.2. The molecule has 0 saturated carbocycles. The Bertz CT molecular complexity index is 1440. The van der Waals surface area contributed by atoms with Gasteiger partial charge < -0.3 is 14.8 Å². The van der Waals surface area contributed by atoms with E-state index in [1.807, 2.05) is 18.2 Å². The summed E-state index contributed by atoms with van der Waals surface area (Å²) in [5.41, 5.74) is 0.0235. The molecule has 36 heavy (non-hydrogen) atoms. The van der Waals surface area contributed by atoms with Crippen LogP contribution in [0.15, 0.2) is 66.9 Å². The van der Waals surface area contributed by atoms with Crippen LogP contribution in [0.2, 0.25) is 0 Å². The van der Waals surface area contributed by atoms with E-state index in [1.54, 1.807) is 48.1 Å². The Morgan fingerprint density at radius 3 is 2.56 bits per heavy atom. The van der Waals surface area contributed by atoms with Gasteiger partial charge in [-0.3, -0.25) is 0 Å². The minimum absolute atomic E-state index is 0.235. The van der Waals surface area contributed by atoms with Gasteiger partial charge in [-0.2, -0.15) is 18.3 Å². The Morgan fingerprint density at radius 2 is 1.81 bits per heavy atom. The summed E-state index contributed by atoms with van der Waals surface area (Å²) in [6.07, 6.45) is -2.50. The van der Waals surface area contributed by atoms with Gasteiger partial charge in [-0.05, 0) is 48.9 Å². The zero-order valence-corrected chi connectivity index (χ0v) is 19.4. The van der Waals surface area contributed by atoms with E-state index in [4.69, 9.17) is 9.47 Å². The molecular formula is C27H23F4N3O2. The Balaban J connectivity index is 1.27. The van der Waals surface area contributed by atoms with Crippen molar-refractivity contribution in [2.45, 2.75) is 37.1 Å². The van der Waals surface area contributed by atoms with Crippen molar-refractivity contribution in [1.29, 1.82) is 0 Å². The average Bonchev–Trinajstić information content (AvgIpc) is 3.48. The lowest BCUT2D eigenvalue weighted by Gasteiger charge is -2.55. The van der Waals surface area contributed by atoms with Crippen LogP contribution in [0.4, 0.5) is 23.2 Å². The van der Waals surface area contributed by atoms with Crippen LogP contribution in [0, 0.1) is 5.82 Å². The van der Waals surface area contributed by atoms with Crippen molar-refractivity contribution in [3.8, 4) is 11.4 Å². The Hall–Kier alpha value is -3.59. The topological polar surface area (TPSA) is 48.3 Å². The summed E-state index contributed by atoms with van der Waals surface area (Å²) < 4.78 is 69.4. The minimum Gasteiger partial charge on any atom is -0.493 e. The molecule has 0 amide bonds. The third-order valence-corrected chi connectivity index (χ3v) is 7.09. The molecule has 3 aromatic carbocycles. The van der Waals surface area contributed by atoms with Gasteiger partial charge in [0.15, 0.2) is 5.60 Å². The van der Waals surface area contributed by atoms with Gasteiger partial charge in [0, 0.05) is 29.5 Å². The van der Waals surface area contributed by atoms with Crippen LogP contribution in [-0.4, -0.2) is 34.7 Å². The van der Waals surface area contributed by atoms with E-state index in [2.05, 4.69) is 10.4 Å². The molecule has 186 valence electrons. The molecule has 9 heteroatoms. The number of nitrogens with zero attached hydrogens (tertiary/aromatic N) is 2. The summed E-state index contributed by atoms with van der Waals surface area (Å²) in [7, 11) is 0. The van der Waals surface area contributed by atoms with E-state index in [9.17, 15) is 17.6 Å². The first-order valence-corrected chi connectivity index (χ1v) is 11.7. The number of benzene rings is 3. The van der Waals surface area contributed by atoms with Gasteiger partial charge in [0.05, 0.1) is 36.2 Å². The van der Waals surface area contributed by atoms with Crippen molar-refractivity contribution in [2.24, 2.45) is 0 Å². The third-order valence-electron chi connectivity index (χ3n) is 7.09. The molecule has 2 unspecified atom stereocenters. The molecule has 1 fully saturated rings. The zero-order chi connectivity index (χ0) is 25.1. The van der Waals surface area contributed by atoms with E-state index in [1.165, 1.54) is 12.1 Å². The van der Waals surface area contributed by atoms with Crippen LogP contribution in [0.1, 0.15) is 24.5 Å². The summed E-state index contributed by atoms with van der Waals surface area (Å²) in [4.78, 5) is 0. The van der Waals surface area contributed by atoms with Gasteiger partial charge in [0.25, 0.3) is 0 Å². The highest BCUT2D eigenvalue weighted by Crippen LogP contribution is 2.57. The summed E-state index contributed by atoms with van der Waals surface area (Å²) in [6.45, 7) is 1.74. The van der Waals surface area contributed by atoms with Crippen LogP contribution < -0.4 is 10.1 Å². The lowest BCUT2D eigenvalue weighted by Crippen LogP contribution is -2.67. The molecule has 0 bridgehead atoms. The predicted molar refractivity (Wildman–Crippen MR) is 127 cm³/mol. The summed E-state index contributed by atoms with van der Waals surface area (Å²) in [5.74, 6) is 0.274. The molecule has 1 saturated heterocycles. The molecule has 0 aliphatic carbocycles. The first-order valence-electron chi connectivity index (χ1n) is 11.7. The number of hydrogen-bond acceptors (Lipinski definition) is 4. The van der Waals surface area contributed by atoms with E-state index in [0.717, 1.165) is 12.0 Å². The number of rotatable bonds is 5. The molecular weight excluding hydrogens is 474 g/mol. The highest BCUT2D eigenvalue weighted by atomic mass is 19.4. The molecule has 2 atom stereocenters. The predicted octanol–water partition coefficient (Wildman–Crippen LogP) is 6.15. The number of nitrogens with one attached hydrogen (secondary N) is 1. The number of alkyl halides is 3. The first kappa shape index (κ1) is 22.8. The molecule has 2 aliphatic rings. The van der Waals surface area contributed by atoms with E-state index in [0.29, 0.717) is 40.2 Å².